The summed E-state index contributed by atoms with van der Waals surface area (Å²) < 4.78 is 5.98. The van der Waals surface area contributed by atoms with Crippen molar-refractivity contribution in [2.24, 2.45) is 11.8 Å². The minimum atomic E-state index is -0.775. The van der Waals surface area contributed by atoms with Crippen LogP contribution in [0.5, 0.6) is 5.75 Å². The van der Waals surface area contributed by atoms with Gasteiger partial charge in [0.1, 0.15) is 5.75 Å². The lowest BCUT2D eigenvalue weighted by molar-refractivity contribution is -0.137. The fourth-order valence-electron chi connectivity index (χ4n) is 3.91. The van der Waals surface area contributed by atoms with E-state index in [1.807, 2.05) is 38.1 Å². The summed E-state index contributed by atoms with van der Waals surface area (Å²) in [6.07, 6.45) is 6.36. The molecule has 3 N–H and O–H groups in total. The van der Waals surface area contributed by atoms with Gasteiger partial charge in [0.2, 0.25) is 0 Å². The lowest BCUT2D eigenvalue weighted by Crippen LogP contribution is -2.27. The molecule has 0 saturated heterocycles. The number of hydrogen-bond acceptors (Lipinski definition) is 4. The number of aliphatic hydroxyl groups excluding tert-OH is 2. The highest BCUT2D eigenvalue weighted by Gasteiger charge is 2.41. The van der Waals surface area contributed by atoms with Crippen molar-refractivity contribution in [1.82, 2.24) is 0 Å². The number of carboxylic acid groups (broad SMARTS) is 1. The third-order valence-electron chi connectivity index (χ3n) is 5.58. The van der Waals surface area contributed by atoms with Crippen LogP contribution >= 0.6 is 11.6 Å². The zero-order chi connectivity index (χ0) is 20.7. The number of unbranched alkanes of at least 4 members (excludes halogenated alkanes) is 1. The second-order valence-electron chi connectivity index (χ2n) is 7.64. The van der Waals surface area contributed by atoms with Crippen molar-refractivity contribution >= 4 is 17.6 Å². The van der Waals surface area contributed by atoms with Crippen LogP contribution in [0.25, 0.3) is 0 Å². The van der Waals surface area contributed by atoms with Crippen LogP contribution in [0, 0.1) is 25.7 Å². The number of aliphatic carboxylic acids is 1. The highest BCUT2D eigenvalue weighted by atomic mass is 35.5. The summed E-state index contributed by atoms with van der Waals surface area (Å²) in [6, 6.07) is 3.82. The molecule has 156 valence electrons. The molecule has 4 atom stereocenters. The number of aliphatic hydroxyl groups is 2. The number of rotatable bonds is 10. The molecule has 1 fully saturated rings. The summed E-state index contributed by atoms with van der Waals surface area (Å²) in [7, 11) is 0. The first kappa shape index (κ1) is 22.7. The van der Waals surface area contributed by atoms with Crippen molar-refractivity contribution in [3.63, 3.8) is 0 Å². The largest absolute Gasteiger partial charge is 0.493 e. The Morgan fingerprint density at radius 1 is 1.25 bits per heavy atom. The van der Waals surface area contributed by atoms with Gasteiger partial charge in [0.15, 0.2) is 0 Å². The van der Waals surface area contributed by atoms with Crippen molar-refractivity contribution in [2.45, 2.75) is 64.0 Å². The van der Waals surface area contributed by atoms with Crippen molar-refractivity contribution < 1.29 is 24.9 Å². The van der Waals surface area contributed by atoms with Crippen LogP contribution in [0.2, 0.25) is 0 Å². The van der Waals surface area contributed by atoms with Gasteiger partial charge in [-0.3, -0.25) is 4.79 Å². The smallest absolute Gasteiger partial charge is 0.303 e. The summed E-state index contributed by atoms with van der Waals surface area (Å²) in [4.78, 5) is 10.5. The summed E-state index contributed by atoms with van der Waals surface area (Å²) in [5, 5.41) is 28.4. The van der Waals surface area contributed by atoms with Gasteiger partial charge in [-0.2, -0.15) is 0 Å². The number of aryl methyl sites for hydroxylation is 2. The molecule has 0 spiro atoms. The Kier molecular flexibility index (Phi) is 8.80. The molecule has 0 heterocycles. The minimum Gasteiger partial charge on any atom is -0.493 e. The average molecular weight is 411 g/mol. The quantitative estimate of drug-likeness (QED) is 0.308. The number of halogens is 1. The summed E-state index contributed by atoms with van der Waals surface area (Å²) in [6.45, 7) is 4.29. The van der Waals surface area contributed by atoms with Crippen LogP contribution < -0.4 is 4.74 Å². The molecule has 0 unspecified atom stereocenters. The van der Waals surface area contributed by atoms with Crippen LogP contribution in [0.1, 0.15) is 48.8 Å². The number of allylic oxidation sites excluding steroid dienone is 2. The van der Waals surface area contributed by atoms with Gasteiger partial charge in [-0.15, -0.1) is 11.6 Å². The third-order valence-corrected chi connectivity index (χ3v) is 6.08. The first-order valence-electron chi connectivity index (χ1n) is 9.86. The Morgan fingerprint density at radius 2 is 1.93 bits per heavy atom. The maximum absolute atomic E-state index is 10.5. The SMILES string of the molecule is Cc1cc(OC[C@@H]2[C@@H](C/C=C\CCCC(=O)O)[C@@H](Cl)C[C@H]2O)cc(C)c1CO. The van der Waals surface area contributed by atoms with E-state index in [0.29, 0.717) is 19.4 Å². The molecule has 0 amide bonds. The van der Waals surface area contributed by atoms with E-state index in [0.717, 1.165) is 35.3 Å². The maximum atomic E-state index is 10.5. The van der Waals surface area contributed by atoms with E-state index in [-0.39, 0.29) is 30.2 Å². The molecular weight excluding hydrogens is 380 g/mol. The molecule has 0 aliphatic heterocycles. The van der Waals surface area contributed by atoms with Crippen LogP contribution in [-0.4, -0.2) is 39.4 Å². The molecule has 0 aromatic heterocycles. The molecule has 1 aliphatic carbocycles. The van der Waals surface area contributed by atoms with E-state index in [1.54, 1.807) is 0 Å². The molecular formula is C22H31ClO5. The predicted molar refractivity (Wildman–Crippen MR) is 110 cm³/mol. The fourth-order valence-corrected chi connectivity index (χ4v) is 4.38. The first-order chi connectivity index (χ1) is 13.3. The van der Waals surface area contributed by atoms with E-state index < -0.39 is 12.1 Å². The van der Waals surface area contributed by atoms with E-state index >= 15 is 0 Å². The number of hydrogen-bond donors (Lipinski definition) is 3. The van der Waals surface area contributed by atoms with Gasteiger partial charge >= 0.3 is 5.97 Å². The molecule has 1 saturated carbocycles. The lowest BCUT2D eigenvalue weighted by atomic mass is 9.92. The van der Waals surface area contributed by atoms with Gasteiger partial charge in [0.25, 0.3) is 0 Å². The molecule has 28 heavy (non-hydrogen) atoms. The molecule has 1 aromatic rings. The molecule has 0 radical (unpaired) electrons. The Hall–Kier alpha value is -1.56. The second kappa shape index (κ2) is 10.8. The number of benzene rings is 1. The lowest BCUT2D eigenvalue weighted by Gasteiger charge is -2.23. The predicted octanol–water partition coefficient (Wildman–Crippen LogP) is 3.98. The number of carbonyl (C=O) groups is 1. The highest BCUT2D eigenvalue weighted by molar-refractivity contribution is 6.21. The van der Waals surface area contributed by atoms with E-state index in [9.17, 15) is 15.0 Å². The first-order valence-corrected chi connectivity index (χ1v) is 10.3. The zero-order valence-corrected chi connectivity index (χ0v) is 17.4. The average Bonchev–Trinajstić information content (AvgIpc) is 2.88. The van der Waals surface area contributed by atoms with Gasteiger partial charge in [-0.1, -0.05) is 12.2 Å². The van der Waals surface area contributed by atoms with Gasteiger partial charge in [0, 0.05) is 17.7 Å². The van der Waals surface area contributed by atoms with Crippen LogP contribution in [0.15, 0.2) is 24.3 Å². The third kappa shape index (κ3) is 6.23. The van der Waals surface area contributed by atoms with Crippen molar-refractivity contribution in [3.8, 4) is 5.75 Å². The van der Waals surface area contributed by atoms with Gasteiger partial charge < -0.3 is 20.1 Å². The Labute approximate surface area is 172 Å². The standard InChI is InChI=1S/C22H31ClO5/c1-14-9-16(10-15(2)18(14)12-24)28-13-19-17(20(23)11-21(19)25)7-5-3-4-6-8-22(26)27/h3,5,9-10,17,19-21,24-25H,4,6-8,11-13H2,1-2H3,(H,26,27)/b5-3-/t17-,19-,20+,21-/m1/s1. The number of carboxylic acids is 1. The van der Waals surface area contributed by atoms with E-state index in [4.69, 9.17) is 21.4 Å². The zero-order valence-electron chi connectivity index (χ0n) is 16.6. The van der Waals surface area contributed by atoms with Crippen molar-refractivity contribution in [2.75, 3.05) is 6.61 Å². The normalized spacial score (nSPS) is 24.8. The topological polar surface area (TPSA) is 87.0 Å². The highest BCUT2D eigenvalue weighted by Crippen LogP contribution is 2.39. The monoisotopic (exact) mass is 410 g/mol. The van der Waals surface area contributed by atoms with Crippen LogP contribution in [-0.2, 0) is 11.4 Å². The molecule has 2 rings (SSSR count). The number of ether oxygens (including phenoxy) is 1. The maximum Gasteiger partial charge on any atom is 0.303 e. The summed E-state index contributed by atoms with van der Waals surface area (Å²) in [5.41, 5.74) is 2.89. The minimum absolute atomic E-state index is 0.00802. The Balaban J connectivity index is 1.93. The molecule has 1 aromatic carbocycles. The van der Waals surface area contributed by atoms with E-state index in [2.05, 4.69) is 0 Å². The summed E-state index contributed by atoms with van der Waals surface area (Å²) in [5.74, 6) is 0.0267. The van der Waals surface area contributed by atoms with Crippen LogP contribution in [0.4, 0.5) is 0 Å². The van der Waals surface area contributed by atoms with Crippen molar-refractivity contribution in [3.05, 3.63) is 41.0 Å². The molecule has 0 bridgehead atoms. The molecule has 6 heteroatoms. The van der Waals surface area contributed by atoms with Gasteiger partial charge in [0.05, 0.1) is 19.3 Å². The molecule has 1 aliphatic rings. The Morgan fingerprint density at radius 3 is 2.54 bits per heavy atom. The van der Waals surface area contributed by atoms with E-state index in [1.165, 1.54) is 0 Å². The number of alkyl halides is 1. The Bertz CT molecular complexity index is 664. The van der Waals surface area contributed by atoms with Gasteiger partial charge in [-0.05, 0) is 74.3 Å². The van der Waals surface area contributed by atoms with Crippen molar-refractivity contribution in [1.29, 1.82) is 0 Å². The summed E-state index contributed by atoms with van der Waals surface area (Å²) >= 11 is 6.47. The fraction of sp³-hybridized carbons (Fsp3) is 0.591. The molecule has 5 nitrogen and oxygen atoms in total. The second-order valence-corrected chi connectivity index (χ2v) is 8.21. The van der Waals surface area contributed by atoms with Crippen LogP contribution in [0.3, 0.4) is 0 Å². The van der Waals surface area contributed by atoms with Gasteiger partial charge in [-0.25, -0.2) is 0 Å².